The van der Waals surface area contributed by atoms with Crippen LogP contribution < -0.4 is 4.72 Å². The largest absolute Gasteiger partial charge is 0.356 e. The van der Waals surface area contributed by atoms with E-state index in [1.807, 2.05) is 6.92 Å². The molecule has 9 nitrogen and oxygen atoms in total. The van der Waals surface area contributed by atoms with Crippen molar-refractivity contribution in [2.24, 2.45) is 0 Å². The van der Waals surface area contributed by atoms with Crippen molar-refractivity contribution < 1.29 is 17.7 Å². The number of rotatable bonds is 8. The lowest BCUT2D eigenvalue weighted by Gasteiger charge is -2.18. The predicted octanol–water partition coefficient (Wildman–Crippen LogP) is 2.25. The van der Waals surface area contributed by atoms with Gasteiger partial charge in [-0.2, -0.15) is 0 Å². The Hall–Kier alpha value is -3.11. The molecule has 0 saturated carbocycles. The van der Waals surface area contributed by atoms with Crippen LogP contribution in [0.5, 0.6) is 0 Å². The second-order valence-electron chi connectivity index (χ2n) is 7.21. The molecule has 0 unspecified atom stereocenters. The molecule has 2 aromatic heterocycles. The lowest BCUT2D eigenvalue weighted by atomic mass is 10.1. The maximum Gasteiger partial charge on any atom is 0.240 e. The molecule has 0 atom stereocenters. The summed E-state index contributed by atoms with van der Waals surface area (Å²) >= 11 is 0. The Kier molecular flexibility index (Phi) is 6.81. The van der Waals surface area contributed by atoms with E-state index in [0.717, 1.165) is 11.3 Å². The van der Waals surface area contributed by atoms with Crippen molar-refractivity contribution in [1.29, 1.82) is 0 Å². The number of carbonyl (C=O) groups excluding carboxylic acids is 1. The van der Waals surface area contributed by atoms with Crippen LogP contribution in [0.1, 0.15) is 29.2 Å². The summed E-state index contributed by atoms with van der Waals surface area (Å²) in [5, 5.41) is 3.91. The molecule has 0 saturated heterocycles. The minimum Gasteiger partial charge on any atom is -0.356 e. The van der Waals surface area contributed by atoms with E-state index in [-0.39, 0.29) is 17.2 Å². The molecule has 1 amide bonds. The Morgan fingerprint density at radius 1 is 1.19 bits per heavy atom. The average molecular weight is 444 g/mol. The second-order valence-corrected chi connectivity index (χ2v) is 9.10. The summed E-state index contributed by atoms with van der Waals surface area (Å²) in [7, 11) is -0.386. The van der Waals surface area contributed by atoms with Crippen molar-refractivity contribution in [2.75, 3.05) is 14.1 Å². The summed E-state index contributed by atoms with van der Waals surface area (Å²) in [6.07, 6.45) is 2.46. The van der Waals surface area contributed by atoms with Crippen LogP contribution in [0.25, 0.3) is 11.3 Å². The van der Waals surface area contributed by atoms with Crippen LogP contribution in [-0.4, -0.2) is 48.4 Å². The lowest BCUT2D eigenvalue weighted by Crippen LogP contribution is -2.27. The zero-order valence-corrected chi connectivity index (χ0v) is 18.7. The van der Waals surface area contributed by atoms with Gasteiger partial charge in [0.05, 0.1) is 28.4 Å². The van der Waals surface area contributed by atoms with Crippen molar-refractivity contribution in [2.45, 2.75) is 38.1 Å². The summed E-state index contributed by atoms with van der Waals surface area (Å²) in [4.78, 5) is 23.2. The number of aryl methyl sites for hydroxylation is 3. The molecular formula is C21H25N5O4S. The van der Waals surface area contributed by atoms with Crippen LogP contribution in [0, 0.1) is 13.8 Å². The topological polar surface area (TPSA) is 118 Å². The normalized spacial score (nSPS) is 11.5. The SMILES string of the molecule is CNS(=O)(=O)c1ccc(CCC(=O)N(C)Cc2nc(C)ncc2-c2cc(C)no2)cc1. The molecule has 0 bridgehead atoms. The highest BCUT2D eigenvalue weighted by molar-refractivity contribution is 7.89. The van der Waals surface area contributed by atoms with E-state index in [2.05, 4.69) is 19.8 Å². The maximum atomic E-state index is 12.7. The molecule has 1 aromatic carbocycles. The van der Waals surface area contributed by atoms with Gasteiger partial charge in [-0.25, -0.2) is 23.1 Å². The van der Waals surface area contributed by atoms with Crippen molar-refractivity contribution in [3.63, 3.8) is 0 Å². The second kappa shape index (κ2) is 9.36. The van der Waals surface area contributed by atoms with Crippen LogP contribution in [-0.2, 0) is 27.8 Å². The van der Waals surface area contributed by atoms with Gasteiger partial charge in [0.1, 0.15) is 5.82 Å². The number of amides is 1. The van der Waals surface area contributed by atoms with Crippen LogP contribution in [0.2, 0.25) is 0 Å². The average Bonchev–Trinajstić information content (AvgIpc) is 3.18. The summed E-state index contributed by atoms with van der Waals surface area (Å²) in [5.74, 6) is 1.11. The zero-order chi connectivity index (χ0) is 22.6. The van der Waals surface area contributed by atoms with Gasteiger partial charge in [0, 0.05) is 25.7 Å². The third kappa shape index (κ3) is 5.53. The molecule has 0 aliphatic heterocycles. The van der Waals surface area contributed by atoms with Crippen LogP contribution >= 0.6 is 0 Å². The summed E-state index contributed by atoms with van der Waals surface area (Å²) in [6.45, 7) is 3.92. The van der Waals surface area contributed by atoms with Gasteiger partial charge >= 0.3 is 0 Å². The summed E-state index contributed by atoms with van der Waals surface area (Å²) < 4.78 is 31.2. The third-order valence-corrected chi connectivity index (χ3v) is 6.25. The Bertz CT molecular complexity index is 1170. The van der Waals surface area contributed by atoms with Gasteiger partial charge in [-0.15, -0.1) is 0 Å². The molecular weight excluding hydrogens is 418 g/mol. The minimum atomic E-state index is -3.47. The molecule has 164 valence electrons. The third-order valence-electron chi connectivity index (χ3n) is 4.82. The first kappa shape index (κ1) is 22.6. The molecule has 3 rings (SSSR count). The van der Waals surface area contributed by atoms with E-state index in [1.165, 1.54) is 19.2 Å². The molecule has 0 fully saturated rings. The quantitative estimate of drug-likeness (QED) is 0.567. The number of nitrogens with zero attached hydrogens (tertiary/aromatic N) is 4. The van der Waals surface area contributed by atoms with E-state index in [4.69, 9.17) is 4.52 Å². The van der Waals surface area contributed by atoms with Crippen molar-refractivity contribution in [3.8, 4) is 11.3 Å². The lowest BCUT2D eigenvalue weighted by molar-refractivity contribution is -0.130. The highest BCUT2D eigenvalue weighted by Gasteiger charge is 2.17. The molecule has 3 aromatic rings. The van der Waals surface area contributed by atoms with Gasteiger partial charge in [-0.1, -0.05) is 17.3 Å². The Labute approximate surface area is 181 Å². The van der Waals surface area contributed by atoms with Crippen LogP contribution in [0.3, 0.4) is 0 Å². The van der Waals surface area contributed by atoms with E-state index in [0.29, 0.717) is 35.8 Å². The number of aromatic nitrogens is 3. The number of hydrogen-bond acceptors (Lipinski definition) is 7. The zero-order valence-electron chi connectivity index (χ0n) is 17.9. The van der Waals surface area contributed by atoms with Crippen LogP contribution in [0.15, 0.2) is 45.9 Å². The van der Waals surface area contributed by atoms with Gasteiger partial charge in [0.25, 0.3) is 0 Å². The first-order chi connectivity index (χ1) is 14.7. The molecule has 0 aliphatic rings. The molecule has 1 N–H and O–H groups in total. The Morgan fingerprint density at radius 3 is 2.52 bits per heavy atom. The van der Waals surface area contributed by atoms with Gasteiger partial charge in [-0.3, -0.25) is 4.79 Å². The molecule has 2 heterocycles. The maximum absolute atomic E-state index is 12.7. The molecule has 0 aliphatic carbocycles. The number of nitrogens with one attached hydrogen (secondary N) is 1. The predicted molar refractivity (Wildman–Crippen MR) is 114 cm³/mol. The smallest absolute Gasteiger partial charge is 0.240 e. The first-order valence-electron chi connectivity index (χ1n) is 9.72. The molecule has 31 heavy (non-hydrogen) atoms. The Balaban J connectivity index is 1.66. The fraction of sp³-hybridized carbons (Fsp3) is 0.333. The van der Waals surface area contributed by atoms with Crippen molar-refractivity contribution >= 4 is 15.9 Å². The number of benzene rings is 1. The highest BCUT2D eigenvalue weighted by atomic mass is 32.2. The fourth-order valence-electron chi connectivity index (χ4n) is 3.04. The number of carbonyl (C=O) groups is 1. The fourth-order valence-corrected chi connectivity index (χ4v) is 3.77. The van der Waals surface area contributed by atoms with E-state index in [9.17, 15) is 13.2 Å². The van der Waals surface area contributed by atoms with Gasteiger partial charge < -0.3 is 9.42 Å². The molecule has 0 spiro atoms. The Morgan fingerprint density at radius 2 is 1.90 bits per heavy atom. The number of hydrogen-bond donors (Lipinski definition) is 1. The molecule has 0 radical (unpaired) electrons. The van der Waals surface area contributed by atoms with Crippen LogP contribution in [0.4, 0.5) is 0 Å². The van der Waals surface area contributed by atoms with E-state index in [1.54, 1.807) is 43.3 Å². The van der Waals surface area contributed by atoms with E-state index >= 15 is 0 Å². The molecule has 10 heteroatoms. The van der Waals surface area contributed by atoms with E-state index < -0.39 is 10.0 Å². The monoisotopic (exact) mass is 443 g/mol. The first-order valence-corrected chi connectivity index (χ1v) is 11.2. The van der Waals surface area contributed by atoms with Gasteiger partial charge in [0.15, 0.2) is 5.76 Å². The van der Waals surface area contributed by atoms with Gasteiger partial charge in [-0.05, 0) is 45.0 Å². The summed E-state index contributed by atoms with van der Waals surface area (Å²) in [6, 6.07) is 8.30. The standard InChI is InChI=1S/C21H25N5O4S/c1-14-11-20(30-25-14)18-12-23-15(2)24-19(18)13-26(4)21(27)10-7-16-5-8-17(9-6-16)31(28,29)22-3/h5-6,8-9,11-12,22H,7,10,13H2,1-4H3. The number of sulfonamides is 1. The minimum absolute atomic E-state index is 0.0529. The van der Waals surface area contributed by atoms with Crippen molar-refractivity contribution in [3.05, 3.63) is 59.3 Å². The van der Waals surface area contributed by atoms with Gasteiger partial charge in [0.2, 0.25) is 15.9 Å². The summed E-state index contributed by atoms with van der Waals surface area (Å²) in [5.41, 5.74) is 3.01. The highest BCUT2D eigenvalue weighted by Crippen LogP contribution is 2.24. The van der Waals surface area contributed by atoms with Crippen molar-refractivity contribution in [1.82, 2.24) is 24.7 Å².